The lowest BCUT2D eigenvalue weighted by Gasteiger charge is -2.47. The SMILES string of the molecule is CC[C@H]1OC(OCC2O[C@H](OC)[C@H](OCc3ccccc3)[C@@H](OCc3ccccc3)[C@@H]2C)[C@H](OCc2ccccc2)[C@@H](OCc2ccccc2)[C@@H]1C. The van der Waals surface area contributed by atoms with Crippen LogP contribution in [0.4, 0.5) is 0 Å². The molecule has 2 heterocycles. The summed E-state index contributed by atoms with van der Waals surface area (Å²) in [6.07, 6.45) is -2.52. The molecule has 6 rings (SSSR count). The van der Waals surface area contributed by atoms with Crippen LogP contribution in [-0.4, -0.2) is 62.9 Å². The van der Waals surface area contributed by atoms with Gasteiger partial charge in [0.2, 0.25) is 0 Å². The lowest BCUT2D eigenvalue weighted by Crippen LogP contribution is -2.59. The monoisotopic (exact) mass is 710 g/mol. The molecule has 4 aromatic rings. The van der Waals surface area contributed by atoms with Crippen molar-refractivity contribution in [2.45, 2.75) is 103 Å². The Morgan fingerprint density at radius 2 is 0.788 bits per heavy atom. The molecule has 2 aliphatic heterocycles. The van der Waals surface area contributed by atoms with Gasteiger partial charge in [0.15, 0.2) is 12.6 Å². The van der Waals surface area contributed by atoms with Gasteiger partial charge in [-0.2, -0.15) is 0 Å². The summed E-state index contributed by atoms with van der Waals surface area (Å²) in [5.41, 5.74) is 4.33. The fraction of sp³-hybridized carbons (Fsp3) is 0.455. The molecular formula is C44H54O8. The van der Waals surface area contributed by atoms with Crippen molar-refractivity contribution in [1.82, 2.24) is 0 Å². The van der Waals surface area contributed by atoms with Crippen molar-refractivity contribution in [3.05, 3.63) is 144 Å². The van der Waals surface area contributed by atoms with Gasteiger partial charge in [-0.3, -0.25) is 0 Å². The van der Waals surface area contributed by atoms with E-state index in [0.717, 1.165) is 28.7 Å². The van der Waals surface area contributed by atoms with Crippen LogP contribution in [0, 0.1) is 11.8 Å². The average Bonchev–Trinajstić information content (AvgIpc) is 3.20. The van der Waals surface area contributed by atoms with E-state index in [1.165, 1.54) is 0 Å². The lowest BCUT2D eigenvalue weighted by molar-refractivity contribution is -0.331. The number of ether oxygens (including phenoxy) is 8. The van der Waals surface area contributed by atoms with Crippen molar-refractivity contribution in [3.63, 3.8) is 0 Å². The van der Waals surface area contributed by atoms with Gasteiger partial charge in [0.25, 0.3) is 0 Å². The van der Waals surface area contributed by atoms with Gasteiger partial charge in [-0.15, -0.1) is 0 Å². The predicted molar refractivity (Wildman–Crippen MR) is 199 cm³/mol. The van der Waals surface area contributed by atoms with E-state index in [9.17, 15) is 0 Å². The van der Waals surface area contributed by atoms with Crippen molar-refractivity contribution >= 4 is 0 Å². The Morgan fingerprint density at radius 1 is 0.442 bits per heavy atom. The maximum Gasteiger partial charge on any atom is 0.186 e. The molecule has 2 aliphatic rings. The van der Waals surface area contributed by atoms with Gasteiger partial charge >= 0.3 is 0 Å². The van der Waals surface area contributed by atoms with Gasteiger partial charge in [0.1, 0.15) is 12.2 Å². The zero-order valence-electron chi connectivity index (χ0n) is 30.8. The number of methoxy groups -OCH3 is 1. The molecule has 2 fully saturated rings. The zero-order valence-corrected chi connectivity index (χ0v) is 30.8. The van der Waals surface area contributed by atoms with Crippen LogP contribution in [0.3, 0.4) is 0 Å². The van der Waals surface area contributed by atoms with Gasteiger partial charge in [0, 0.05) is 18.9 Å². The van der Waals surface area contributed by atoms with E-state index in [4.69, 9.17) is 37.9 Å². The Labute approximate surface area is 309 Å². The van der Waals surface area contributed by atoms with Crippen molar-refractivity contribution < 1.29 is 37.9 Å². The van der Waals surface area contributed by atoms with Crippen LogP contribution in [0.25, 0.3) is 0 Å². The molecule has 2 saturated heterocycles. The van der Waals surface area contributed by atoms with Crippen LogP contribution in [-0.2, 0) is 64.3 Å². The maximum atomic E-state index is 6.72. The van der Waals surface area contributed by atoms with Gasteiger partial charge in [-0.1, -0.05) is 142 Å². The minimum Gasteiger partial charge on any atom is -0.370 e. The molecule has 0 N–H and O–H groups in total. The molecule has 10 atom stereocenters. The van der Waals surface area contributed by atoms with E-state index in [0.29, 0.717) is 26.4 Å². The Bertz CT molecular complexity index is 1560. The highest BCUT2D eigenvalue weighted by atomic mass is 16.7. The smallest absolute Gasteiger partial charge is 0.186 e. The number of hydrogen-bond donors (Lipinski definition) is 0. The molecule has 0 spiro atoms. The second-order valence-electron chi connectivity index (χ2n) is 13.8. The summed E-state index contributed by atoms with van der Waals surface area (Å²) in [7, 11) is 1.64. The highest BCUT2D eigenvalue weighted by molar-refractivity contribution is 5.16. The third kappa shape index (κ3) is 10.2. The van der Waals surface area contributed by atoms with Crippen LogP contribution in [0.5, 0.6) is 0 Å². The van der Waals surface area contributed by atoms with E-state index in [2.05, 4.69) is 57.2 Å². The Balaban J connectivity index is 1.20. The van der Waals surface area contributed by atoms with Crippen LogP contribution < -0.4 is 0 Å². The molecule has 8 nitrogen and oxygen atoms in total. The predicted octanol–water partition coefficient (Wildman–Crippen LogP) is 8.12. The standard InChI is InChI=1S/C44H54O8/c1-5-37-31(2)39(46-26-33-18-10-6-11-19-33)42(49-29-36-24-16-9-17-25-36)44(51-37)50-30-38-32(3)40(47-27-34-20-12-7-13-21-34)41(43(45-4)52-38)48-28-35-22-14-8-15-23-35/h6-25,31-32,37-44H,5,26-30H2,1-4H3/t31-,32-,37-,38?,39+,40+,41-,42-,43+,44?/m1/s1. The summed E-state index contributed by atoms with van der Waals surface area (Å²) in [6.45, 7) is 8.39. The maximum absolute atomic E-state index is 6.72. The van der Waals surface area contributed by atoms with Crippen LogP contribution in [0.1, 0.15) is 49.4 Å². The first-order valence-electron chi connectivity index (χ1n) is 18.6. The van der Waals surface area contributed by atoms with Crippen LogP contribution >= 0.6 is 0 Å². The van der Waals surface area contributed by atoms with E-state index < -0.39 is 24.8 Å². The first kappa shape index (κ1) is 38.3. The number of hydrogen-bond acceptors (Lipinski definition) is 8. The minimum absolute atomic E-state index is 0.0727. The third-order valence-corrected chi connectivity index (χ3v) is 10.2. The molecule has 0 aliphatic carbocycles. The Morgan fingerprint density at radius 3 is 1.17 bits per heavy atom. The number of benzene rings is 4. The molecule has 0 aromatic heterocycles. The minimum atomic E-state index is -0.682. The molecule has 0 radical (unpaired) electrons. The third-order valence-electron chi connectivity index (χ3n) is 10.2. The average molecular weight is 711 g/mol. The summed E-state index contributed by atoms with van der Waals surface area (Å²) in [5, 5.41) is 0. The topological polar surface area (TPSA) is 73.8 Å². The van der Waals surface area contributed by atoms with Crippen LogP contribution in [0.15, 0.2) is 121 Å². The number of rotatable bonds is 17. The van der Waals surface area contributed by atoms with E-state index in [-0.39, 0.29) is 42.9 Å². The van der Waals surface area contributed by atoms with Crippen molar-refractivity contribution in [1.29, 1.82) is 0 Å². The Hall–Kier alpha value is -3.44. The van der Waals surface area contributed by atoms with E-state index in [1.807, 2.05) is 84.9 Å². The second kappa shape index (κ2) is 19.6. The summed E-state index contributed by atoms with van der Waals surface area (Å²) < 4.78 is 52.5. The quantitative estimate of drug-likeness (QED) is 0.109. The summed E-state index contributed by atoms with van der Waals surface area (Å²) in [5.74, 6) is -0.0236. The Kier molecular flexibility index (Phi) is 14.4. The molecule has 0 bridgehead atoms. The molecule has 0 saturated carbocycles. The first-order chi connectivity index (χ1) is 25.5. The fourth-order valence-electron chi connectivity index (χ4n) is 7.16. The fourth-order valence-corrected chi connectivity index (χ4v) is 7.16. The summed E-state index contributed by atoms with van der Waals surface area (Å²) >= 11 is 0. The summed E-state index contributed by atoms with van der Waals surface area (Å²) in [4.78, 5) is 0. The lowest BCUT2D eigenvalue weighted by atomic mass is 9.88. The molecule has 2 unspecified atom stereocenters. The van der Waals surface area contributed by atoms with Gasteiger partial charge in [0.05, 0.1) is 57.5 Å². The molecule has 8 heteroatoms. The highest BCUT2D eigenvalue weighted by Gasteiger charge is 2.49. The molecule has 0 amide bonds. The van der Waals surface area contributed by atoms with Crippen LogP contribution in [0.2, 0.25) is 0 Å². The second-order valence-corrected chi connectivity index (χ2v) is 13.8. The van der Waals surface area contributed by atoms with Crippen molar-refractivity contribution in [2.24, 2.45) is 11.8 Å². The molecule has 278 valence electrons. The van der Waals surface area contributed by atoms with E-state index in [1.54, 1.807) is 7.11 Å². The summed E-state index contributed by atoms with van der Waals surface area (Å²) in [6, 6.07) is 40.7. The normalized spacial score (nSPS) is 29.2. The first-order valence-corrected chi connectivity index (χ1v) is 18.6. The van der Waals surface area contributed by atoms with Gasteiger partial charge in [-0.25, -0.2) is 0 Å². The van der Waals surface area contributed by atoms with Gasteiger partial charge < -0.3 is 37.9 Å². The highest BCUT2D eigenvalue weighted by Crippen LogP contribution is 2.36. The van der Waals surface area contributed by atoms with Gasteiger partial charge in [-0.05, 0) is 28.7 Å². The van der Waals surface area contributed by atoms with Crippen molar-refractivity contribution in [2.75, 3.05) is 13.7 Å². The largest absolute Gasteiger partial charge is 0.370 e. The van der Waals surface area contributed by atoms with Crippen molar-refractivity contribution in [3.8, 4) is 0 Å². The van der Waals surface area contributed by atoms with E-state index >= 15 is 0 Å². The molecule has 52 heavy (non-hydrogen) atoms. The molecule has 4 aromatic carbocycles. The zero-order chi connectivity index (χ0) is 36.1. The molecular weight excluding hydrogens is 656 g/mol.